The minimum atomic E-state index is -3.38. The van der Waals surface area contributed by atoms with E-state index in [9.17, 15) is 18.0 Å². The Hall–Kier alpha value is -4.20. The van der Waals surface area contributed by atoms with Crippen LogP contribution in [0.1, 0.15) is 25.2 Å². The number of amides is 1. The topological polar surface area (TPSA) is 113 Å². The molecule has 0 saturated carbocycles. The Morgan fingerprint density at radius 2 is 1.94 bits per heavy atom. The highest BCUT2D eigenvalue weighted by molar-refractivity contribution is 5.88. The number of nitriles is 1. The van der Waals surface area contributed by atoms with Gasteiger partial charge in [-0.2, -0.15) is 14.0 Å². The van der Waals surface area contributed by atoms with Crippen LogP contribution in [0.5, 0.6) is 5.75 Å². The van der Waals surface area contributed by atoms with Crippen molar-refractivity contribution in [2.24, 2.45) is 0 Å². The number of nitrogens with zero attached hydrogens (tertiary/aromatic N) is 4. The molecule has 1 amide bonds. The maximum atomic E-state index is 14.1. The fourth-order valence-corrected chi connectivity index (χ4v) is 2.72. The van der Waals surface area contributed by atoms with Crippen LogP contribution >= 0.6 is 0 Å². The number of alkyl halides is 2. The van der Waals surface area contributed by atoms with E-state index in [1.165, 1.54) is 44.5 Å². The summed E-state index contributed by atoms with van der Waals surface area (Å²) in [5, 5.41) is 14.4. The van der Waals surface area contributed by atoms with Gasteiger partial charge in [0.2, 0.25) is 11.7 Å². The molecule has 0 spiro atoms. The number of nitrogens with one attached hydrogen (secondary N) is 2. The van der Waals surface area contributed by atoms with E-state index in [0.29, 0.717) is 6.92 Å². The second-order valence-corrected chi connectivity index (χ2v) is 6.73. The molecule has 2 N–H and O–H groups in total. The molecule has 3 rings (SSSR count). The Morgan fingerprint density at radius 3 is 2.56 bits per heavy atom. The first-order valence-electron chi connectivity index (χ1n) is 9.16. The number of carbonyl (C=O) groups is 1. The highest BCUT2D eigenvalue weighted by Crippen LogP contribution is 2.32. The molecule has 0 radical (unpaired) electrons. The van der Waals surface area contributed by atoms with Crippen LogP contribution in [0.25, 0.3) is 11.3 Å². The molecule has 2 aromatic heterocycles. The Bertz CT molecular complexity index is 1220. The molecule has 32 heavy (non-hydrogen) atoms. The highest BCUT2D eigenvalue weighted by Gasteiger charge is 2.29. The minimum Gasteiger partial charge on any atom is -0.493 e. The second-order valence-electron chi connectivity index (χ2n) is 6.73. The molecule has 11 heteroatoms. The molecule has 2 heterocycles. The van der Waals surface area contributed by atoms with Crippen LogP contribution in [0.4, 0.5) is 30.5 Å². The van der Waals surface area contributed by atoms with Gasteiger partial charge >= 0.3 is 5.92 Å². The Morgan fingerprint density at radius 1 is 1.19 bits per heavy atom. The van der Waals surface area contributed by atoms with E-state index in [1.807, 2.05) is 0 Å². The van der Waals surface area contributed by atoms with E-state index < -0.39 is 17.6 Å². The molecule has 0 bridgehead atoms. The summed E-state index contributed by atoms with van der Waals surface area (Å²) in [7, 11) is 1.39. The molecule has 0 atom stereocenters. The molecule has 1 aromatic carbocycles. The van der Waals surface area contributed by atoms with Crippen LogP contribution in [0.2, 0.25) is 0 Å². The molecule has 164 valence electrons. The summed E-state index contributed by atoms with van der Waals surface area (Å²) >= 11 is 0. The SMILES string of the molecule is COc1cnc(NC(C)=O)cc1Nc1cc(-c2ccc(F)c(C#N)c2)nc(C(C)(F)F)n1. The van der Waals surface area contributed by atoms with E-state index in [2.05, 4.69) is 25.6 Å². The van der Waals surface area contributed by atoms with Gasteiger partial charge in [0.1, 0.15) is 23.5 Å². The zero-order chi connectivity index (χ0) is 23.5. The average molecular weight is 442 g/mol. The number of hydrogen-bond donors (Lipinski definition) is 2. The Labute approximate surface area is 181 Å². The molecule has 0 fully saturated rings. The van der Waals surface area contributed by atoms with Crippen molar-refractivity contribution < 1.29 is 22.7 Å². The normalized spacial score (nSPS) is 10.9. The monoisotopic (exact) mass is 442 g/mol. The van der Waals surface area contributed by atoms with Crippen molar-refractivity contribution in [3.63, 3.8) is 0 Å². The average Bonchev–Trinajstić information content (AvgIpc) is 2.73. The lowest BCUT2D eigenvalue weighted by molar-refractivity contribution is -0.114. The van der Waals surface area contributed by atoms with E-state index in [0.717, 1.165) is 6.07 Å². The van der Waals surface area contributed by atoms with Gasteiger partial charge in [0.15, 0.2) is 5.75 Å². The van der Waals surface area contributed by atoms with E-state index in [1.54, 1.807) is 6.07 Å². The van der Waals surface area contributed by atoms with E-state index in [4.69, 9.17) is 10.00 Å². The van der Waals surface area contributed by atoms with Gasteiger partial charge in [-0.05, 0) is 18.2 Å². The number of pyridine rings is 1. The fourth-order valence-electron chi connectivity index (χ4n) is 2.72. The Kier molecular flexibility index (Phi) is 6.25. The number of anilines is 3. The van der Waals surface area contributed by atoms with Crippen molar-refractivity contribution in [2.75, 3.05) is 17.7 Å². The number of aromatic nitrogens is 3. The smallest absolute Gasteiger partial charge is 0.303 e. The molecule has 0 aliphatic carbocycles. The van der Waals surface area contributed by atoms with Gasteiger partial charge in [0.25, 0.3) is 0 Å². The Balaban J connectivity index is 2.10. The van der Waals surface area contributed by atoms with Gasteiger partial charge in [-0.25, -0.2) is 19.3 Å². The number of halogens is 3. The van der Waals surface area contributed by atoms with Crippen molar-refractivity contribution in [3.05, 3.63) is 53.7 Å². The van der Waals surface area contributed by atoms with Gasteiger partial charge in [-0.15, -0.1) is 0 Å². The van der Waals surface area contributed by atoms with Crippen molar-refractivity contribution >= 4 is 23.2 Å². The van der Waals surface area contributed by atoms with Crippen LogP contribution in [-0.4, -0.2) is 28.0 Å². The summed E-state index contributed by atoms with van der Waals surface area (Å²) in [5.74, 6) is -4.81. The first kappa shape index (κ1) is 22.5. The highest BCUT2D eigenvalue weighted by atomic mass is 19.3. The predicted molar refractivity (Wildman–Crippen MR) is 110 cm³/mol. The first-order chi connectivity index (χ1) is 15.1. The van der Waals surface area contributed by atoms with Crippen LogP contribution in [-0.2, 0) is 10.7 Å². The maximum Gasteiger partial charge on any atom is 0.303 e. The van der Waals surface area contributed by atoms with Gasteiger partial charge in [-0.3, -0.25) is 4.79 Å². The third-order valence-corrected chi connectivity index (χ3v) is 4.16. The molecule has 0 saturated heterocycles. The lowest BCUT2D eigenvalue weighted by Crippen LogP contribution is -2.14. The molecule has 3 aromatic rings. The zero-order valence-electron chi connectivity index (χ0n) is 17.2. The number of methoxy groups -OCH3 is 1. The minimum absolute atomic E-state index is 0.0207. The number of hydrogen-bond acceptors (Lipinski definition) is 7. The van der Waals surface area contributed by atoms with E-state index in [-0.39, 0.29) is 45.8 Å². The summed E-state index contributed by atoms with van der Waals surface area (Å²) in [5.41, 5.74) is 0.333. The van der Waals surface area contributed by atoms with E-state index >= 15 is 0 Å². The summed E-state index contributed by atoms with van der Waals surface area (Å²) in [6.07, 6.45) is 1.34. The predicted octanol–water partition coefficient (Wildman–Crippen LogP) is 4.37. The lowest BCUT2D eigenvalue weighted by atomic mass is 10.1. The van der Waals surface area contributed by atoms with Crippen LogP contribution in [0.3, 0.4) is 0 Å². The first-order valence-corrected chi connectivity index (χ1v) is 9.16. The molecular weight excluding hydrogens is 425 g/mol. The summed E-state index contributed by atoms with van der Waals surface area (Å²) in [6.45, 7) is 1.95. The summed E-state index contributed by atoms with van der Waals surface area (Å²) < 4.78 is 47.1. The number of ether oxygens (including phenoxy) is 1. The summed E-state index contributed by atoms with van der Waals surface area (Å²) in [6, 6.07) is 8.09. The van der Waals surface area contributed by atoms with Crippen molar-refractivity contribution in [1.29, 1.82) is 5.26 Å². The molecule has 0 aliphatic rings. The largest absolute Gasteiger partial charge is 0.493 e. The number of rotatable bonds is 6. The molecule has 0 unspecified atom stereocenters. The fraction of sp³-hybridized carbons (Fsp3) is 0.190. The van der Waals surface area contributed by atoms with Gasteiger partial charge in [-0.1, -0.05) is 0 Å². The standard InChI is InChI=1S/C21H17F3N6O2/c1-11(31)27-18-8-16(17(32-3)10-26-18)28-19-7-15(29-20(30-19)21(2,23)24)12-4-5-14(22)13(6-12)9-25/h4-8,10H,1-3H3,(H2,26,27,28,29,30,31). The maximum absolute atomic E-state index is 14.1. The van der Waals surface area contributed by atoms with Crippen molar-refractivity contribution in [3.8, 4) is 23.1 Å². The second kappa shape index (κ2) is 8.89. The molecular formula is C21H17F3N6O2. The van der Waals surface area contributed by atoms with Crippen LogP contribution < -0.4 is 15.4 Å². The third-order valence-electron chi connectivity index (χ3n) is 4.16. The van der Waals surface area contributed by atoms with Gasteiger partial charge in [0, 0.05) is 31.5 Å². The van der Waals surface area contributed by atoms with Gasteiger partial charge < -0.3 is 15.4 Å². The van der Waals surface area contributed by atoms with Crippen molar-refractivity contribution in [2.45, 2.75) is 19.8 Å². The molecule has 0 aliphatic heterocycles. The van der Waals surface area contributed by atoms with Crippen LogP contribution in [0, 0.1) is 17.1 Å². The number of benzene rings is 1. The molecule has 8 nitrogen and oxygen atoms in total. The quantitative estimate of drug-likeness (QED) is 0.583. The zero-order valence-corrected chi connectivity index (χ0v) is 17.2. The number of carbonyl (C=O) groups excluding carboxylic acids is 1. The third kappa shape index (κ3) is 5.10. The van der Waals surface area contributed by atoms with Gasteiger partial charge in [0.05, 0.1) is 30.3 Å². The lowest BCUT2D eigenvalue weighted by Gasteiger charge is -2.16. The van der Waals surface area contributed by atoms with Crippen molar-refractivity contribution in [1.82, 2.24) is 15.0 Å². The van der Waals surface area contributed by atoms with Crippen LogP contribution in [0.15, 0.2) is 36.5 Å². The summed E-state index contributed by atoms with van der Waals surface area (Å²) in [4.78, 5) is 23.1.